The van der Waals surface area contributed by atoms with Crippen molar-refractivity contribution in [3.8, 4) is 0 Å². The summed E-state index contributed by atoms with van der Waals surface area (Å²) in [6.45, 7) is 3.33. The van der Waals surface area contributed by atoms with Crippen molar-refractivity contribution in [2.24, 2.45) is 0 Å². The van der Waals surface area contributed by atoms with Crippen molar-refractivity contribution < 1.29 is 43.5 Å². The molecule has 2 aromatic rings. The van der Waals surface area contributed by atoms with Crippen molar-refractivity contribution >= 4 is 11.9 Å². The molecule has 35 heavy (non-hydrogen) atoms. The Labute approximate surface area is 203 Å². The molecule has 0 radical (unpaired) electrons. The van der Waals surface area contributed by atoms with Crippen LogP contribution in [0.4, 0.5) is 0 Å². The fraction of sp³-hybridized carbons (Fsp3) is 0.462. The molecule has 0 spiro atoms. The molecule has 9 nitrogen and oxygen atoms in total. The lowest BCUT2D eigenvalue weighted by Crippen LogP contribution is -2.54. The van der Waals surface area contributed by atoms with Gasteiger partial charge in [-0.2, -0.15) is 0 Å². The monoisotopic (exact) mass is 486 g/mol. The molecule has 0 saturated carbocycles. The first-order chi connectivity index (χ1) is 16.8. The number of aliphatic hydroxyl groups is 2. The Balaban J connectivity index is 1.44. The molecule has 0 bridgehead atoms. The van der Waals surface area contributed by atoms with E-state index in [4.69, 9.17) is 23.7 Å². The summed E-state index contributed by atoms with van der Waals surface area (Å²) in [5, 5.41) is 20.7. The Bertz CT molecular complexity index is 983. The van der Waals surface area contributed by atoms with Crippen LogP contribution in [0, 0.1) is 0 Å². The molecule has 9 heteroatoms. The number of carbonyl (C=O) groups excluding carboxylic acids is 2. The molecule has 8 atom stereocenters. The molecule has 188 valence electrons. The number of hydrogen-bond donors (Lipinski definition) is 2. The molecule has 0 unspecified atom stereocenters. The maximum Gasteiger partial charge on any atom is 0.338 e. The van der Waals surface area contributed by atoms with E-state index in [9.17, 15) is 19.8 Å². The normalized spacial score (nSPS) is 33.0. The van der Waals surface area contributed by atoms with Crippen LogP contribution in [0.2, 0.25) is 0 Å². The van der Waals surface area contributed by atoms with E-state index in [1.54, 1.807) is 74.5 Å². The van der Waals surface area contributed by atoms with Crippen molar-refractivity contribution in [2.75, 3.05) is 0 Å². The van der Waals surface area contributed by atoms with Crippen LogP contribution in [0.1, 0.15) is 47.4 Å². The number of benzene rings is 2. The molecule has 0 amide bonds. The van der Waals surface area contributed by atoms with Gasteiger partial charge in [-0.05, 0) is 38.1 Å². The van der Waals surface area contributed by atoms with Gasteiger partial charge in [0, 0.05) is 12.8 Å². The molecule has 0 aliphatic carbocycles. The smallest absolute Gasteiger partial charge is 0.338 e. The Morgan fingerprint density at radius 1 is 0.771 bits per heavy atom. The summed E-state index contributed by atoms with van der Waals surface area (Å²) in [5.41, 5.74) is 0.744. The van der Waals surface area contributed by atoms with Crippen LogP contribution < -0.4 is 0 Å². The molecule has 4 rings (SSSR count). The lowest BCUT2D eigenvalue weighted by Gasteiger charge is -2.42. The Morgan fingerprint density at radius 3 is 1.94 bits per heavy atom. The number of hydrogen-bond acceptors (Lipinski definition) is 9. The van der Waals surface area contributed by atoms with Gasteiger partial charge in [-0.3, -0.25) is 0 Å². The van der Waals surface area contributed by atoms with Gasteiger partial charge in [-0.15, -0.1) is 0 Å². The van der Waals surface area contributed by atoms with Crippen LogP contribution in [0.25, 0.3) is 0 Å². The second kappa shape index (κ2) is 11.3. The van der Waals surface area contributed by atoms with E-state index in [1.807, 2.05) is 0 Å². The van der Waals surface area contributed by atoms with Crippen molar-refractivity contribution in [1.82, 2.24) is 0 Å². The second-order valence-corrected chi connectivity index (χ2v) is 8.75. The predicted molar refractivity (Wildman–Crippen MR) is 122 cm³/mol. The largest absolute Gasteiger partial charge is 0.456 e. The lowest BCUT2D eigenvalue weighted by atomic mass is 10.00. The second-order valence-electron chi connectivity index (χ2n) is 8.75. The van der Waals surface area contributed by atoms with E-state index in [2.05, 4.69) is 0 Å². The van der Waals surface area contributed by atoms with Crippen molar-refractivity contribution in [3.05, 3.63) is 71.8 Å². The average Bonchev–Trinajstić information content (AvgIpc) is 2.85. The minimum Gasteiger partial charge on any atom is -0.456 e. The van der Waals surface area contributed by atoms with Gasteiger partial charge in [0.15, 0.2) is 18.7 Å². The minimum atomic E-state index is -1.11. The molecular formula is C26H30O9. The number of carbonyl (C=O) groups is 2. The fourth-order valence-corrected chi connectivity index (χ4v) is 4.27. The summed E-state index contributed by atoms with van der Waals surface area (Å²) in [7, 11) is 0. The lowest BCUT2D eigenvalue weighted by molar-refractivity contribution is -0.300. The first kappa shape index (κ1) is 25.3. The van der Waals surface area contributed by atoms with Crippen LogP contribution in [0.5, 0.6) is 0 Å². The average molecular weight is 487 g/mol. The molecule has 2 saturated heterocycles. The van der Waals surface area contributed by atoms with Gasteiger partial charge in [0.05, 0.1) is 23.3 Å². The third-order valence-corrected chi connectivity index (χ3v) is 6.13. The topological polar surface area (TPSA) is 121 Å². The minimum absolute atomic E-state index is 0.0440. The predicted octanol–water partition coefficient (Wildman–Crippen LogP) is 2.45. The number of esters is 2. The molecule has 2 N–H and O–H groups in total. The highest BCUT2D eigenvalue weighted by Crippen LogP contribution is 2.30. The molecule has 2 aliphatic heterocycles. The summed E-state index contributed by atoms with van der Waals surface area (Å²) in [4.78, 5) is 25.2. The molecule has 2 fully saturated rings. The van der Waals surface area contributed by atoms with E-state index in [-0.39, 0.29) is 12.8 Å². The molecular weight excluding hydrogens is 456 g/mol. The number of rotatable bonds is 6. The van der Waals surface area contributed by atoms with E-state index in [0.29, 0.717) is 11.1 Å². The van der Waals surface area contributed by atoms with Crippen LogP contribution in [0.15, 0.2) is 60.7 Å². The van der Waals surface area contributed by atoms with Gasteiger partial charge >= 0.3 is 11.9 Å². The molecule has 2 aromatic carbocycles. The Morgan fingerprint density at radius 2 is 1.34 bits per heavy atom. The standard InChI is InChI=1S/C26H30O9/c1-15-23(28)19(34-25(29)17-9-5-3-6-10-17)14-22(32-15)33-20-13-21(27)31-16(2)24(20)35-26(30)18-11-7-4-8-12-18/h3-12,15-16,19-24,27-28H,13-14H2,1-2H3/t15-,16-,19-,20-,21-,22+,23-,24-/m1/s1. The maximum absolute atomic E-state index is 12.7. The van der Waals surface area contributed by atoms with E-state index in [1.165, 1.54) is 0 Å². The zero-order chi connectivity index (χ0) is 24.9. The van der Waals surface area contributed by atoms with Crippen molar-refractivity contribution in [3.63, 3.8) is 0 Å². The molecule has 2 aliphatic rings. The van der Waals surface area contributed by atoms with Gasteiger partial charge < -0.3 is 33.9 Å². The molecule has 0 aromatic heterocycles. The number of aliphatic hydroxyl groups excluding tert-OH is 2. The zero-order valence-electron chi connectivity index (χ0n) is 19.6. The van der Waals surface area contributed by atoms with Gasteiger partial charge in [0.1, 0.15) is 18.3 Å². The summed E-state index contributed by atoms with van der Waals surface area (Å²) in [5.74, 6) is -1.11. The third kappa shape index (κ3) is 6.25. The third-order valence-electron chi connectivity index (χ3n) is 6.13. The van der Waals surface area contributed by atoms with Gasteiger partial charge in [0.25, 0.3) is 0 Å². The van der Waals surface area contributed by atoms with E-state index < -0.39 is 61.1 Å². The van der Waals surface area contributed by atoms with E-state index >= 15 is 0 Å². The van der Waals surface area contributed by atoms with Crippen molar-refractivity contribution in [1.29, 1.82) is 0 Å². The number of ether oxygens (including phenoxy) is 5. The Hall–Kier alpha value is -2.82. The van der Waals surface area contributed by atoms with E-state index in [0.717, 1.165) is 0 Å². The first-order valence-electron chi connectivity index (χ1n) is 11.7. The summed E-state index contributed by atoms with van der Waals surface area (Å²) >= 11 is 0. The summed E-state index contributed by atoms with van der Waals surface area (Å²) in [6, 6.07) is 17.0. The highest BCUT2D eigenvalue weighted by molar-refractivity contribution is 5.89. The van der Waals surface area contributed by atoms with Crippen LogP contribution in [0.3, 0.4) is 0 Å². The van der Waals surface area contributed by atoms with Crippen LogP contribution in [-0.4, -0.2) is 71.4 Å². The van der Waals surface area contributed by atoms with Crippen molar-refractivity contribution in [2.45, 2.75) is 75.9 Å². The van der Waals surface area contributed by atoms with Gasteiger partial charge in [0.2, 0.25) is 0 Å². The summed E-state index contributed by atoms with van der Waals surface area (Å²) in [6.07, 6.45) is -6.70. The van der Waals surface area contributed by atoms with Crippen LogP contribution >= 0.6 is 0 Å². The highest BCUT2D eigenvalue weighted by atomic mass is 16.7. The fourth-order valence-electron chi connectivity index (χ4n) is 4.27. The maximum atomic E-state index is 12.7. The summed E-state index contributed by atoms with van der Waals surface area (Å²) < 4.78 is 28.6. The SMILES string of the molecule is C[C@H]1O[C@@H](O[C@@H]2C[C@H](O)O[C@H](C)[C@H]2OC(=O)c2ccccc2)C[C@@H](OC(=O)c2ccccc2)[C@@H]1O. The molecule has 2 heterocycles. The van der Waals surface area contributed by atoms with Crippen LogP contribution in [-0.2, 0) is 23.7 Å². The van der Waals surface area contributed by atoms with Gasteiger partial charge in [-0.1, -0.05) is 36.4 Å². The first-order valence-corrected chi connectivity index (χ1v) is 11.7. The van der Waals surface area contributed by atoms with Gasteiger partial charge in [-0.25, -0.2) is 9.59 Å². The zero-order valence-corrected chi connectivity index (χ0v) is 19.6. The Kier molecular flexibility index (Phi) is 8.15. The quantitative estimate of drug-likeness (QED) is 0.593. The highest BCUT2D eigenvalue weighted by Gasteiger charge is 2.44.